The number of hydrogen-bond donors (Lipinski definition) is 3. The standard InChI is InChI=1S/C20H20Br2ClNO5/c1-8(2)12-6-11(5-9(3)19(12)28)29-20-15(21)10(4)18(17(23)16(20)22)24-13(25)7-14(26)27/h5-6,8,28H,7H2,1-4H3,(H,24,25)(H,26,27). The molecule has 156 valence electrons. The summed E-state index contributed by atoms with van der Waals surface area (Å²) in [5.74, 6) is -0.687. The summed E-state index contributed by atoms with van der Waals surface area (Å²) >= 11 is 13.3. The van der Waals surface area contributed by atoms with Gasteiger partial charge in [-0.1, -0.05) is 25.4 Å². The van der Waals surface area contributed by atoms with Crippen molar-refractivity contribution in [2.75, 3.05) is 5.32 Å². The first-order valence-corrected chi connectivity index (χ1v) is 10.6. The van der Waals surface area contributed by atoms with Gasteiger partial charge in [-0.25, -0.2) is 0 Å². The van der Waals surface area contributed by atoms with Gasteiger partial charge in [-0.15, -0.1) is 0 Å². The number of benzene rings is 2. The summed E-state index contributed by atoms with van der Waals surface area (Å²) in [6.45, 7) is 7.45. The maximum absolute atomic E-state index is 11.9. The van der Waals surface area contributed by atoms with Crippen LogP contribution >= 0.6 is 43.5 Å². The second kappa shape index (κ2) is 9.36. The predicted molar refractivity (Wildman–Crippen MR) is 119 cm³/mol. The number of carbonyl (C=O) groups is 2. The number of carboxylic acid groups (broad SMARTS) is 1. The number of phenolic OH excluding ortho intramolecular Hbond substituents is 1. The molecule has 1 amide bonds. The molecule has 0 unspecified atom stereocenters. The first-order valence-electron chi connectivity index (χ1n) is 8.64. The van der Waals surface area contributed by atoms with Gasteiger partial charge in [-0.2, -0.15) is 0 Å². The van der Waals surface area contributed by atoms with Gasteiger partial charge in [0, 0.05) is 5.56 Å². The molecule has 3 N–H and O–H groups in total. The van der Waals surface area contributed by atoms with E-state index in [-0.39, 0.29) is 22.4 Å². The Morgan fingerprint density at radius 3 is 2.38 bits per heavy atom. The number of aliphatic carboxylic acids is 1. The number of amides is 1. The molecule has 0 saturated heterocycles. The van der Waals surface area contributed by atoms with Crippen molar-refractivity contribution in [2.45, 2.75) is 40.0 Å². The van der Waals surface area contributed by atoms with Crippen molar-refractivity contribution in [3.05, 3.63) is 42.8 Å². The molecule has 2 aromatic rings. The Balaban J connectivity index is 2.48. The van der Waals surface area contributed by atoms with Crippen LogP contribution in [-0.4, -0.2) is 22.1 Å². The summed E-state index contributed by atoms with van der Waals surface area (Å²) in [6.07, 6.45) is -0.673. The van der Waals surface area contributed by atoms with Crippen LogP contribution in [0.15, 0.2) is 21.1 Å². The Kier molecular flexibility index (Phi) is 7.59. The van der Waals surface area contributed by atoms with Crippen LogP contribution < -0.4 is 10.1 Å². The van der Waals surface area contributed by atoms with Crippen LogP contribution in [-0.2, 0) is 9.59 Å². The lowest BCUT2D eigenvalue weighted by atomic mass is 9.99. The predicted octanol–water partition coefficient (Wildman–Crippen LogP) is 6.52. The minimum atomic E-state index is -1.24. The van der Waals surface area contributed by atoms with Crippen molar-refractivity contribution >= 4 is 61.0 Å². The van der Waals surface area contributed by atoms with E-state index in [1.54, 1.807) is 26.0 Å². The van der Waals surface area contributed by atoms with Gasteiger partial charge in [0.2, 0.25) is 5.91 Å². The average Bonchev–Trinajstić information content (AvgIpc) is 2.62. The average molecular weight is 550 g/mol. The summed E-state index contributed by atoms with van der Waals surface area (Å²) in [6, 6.07) is 3.48. The molecule has 2 rings (SSSR count). The largest absolute Gasteiger partial charge is 0.507 e. The number of ether oxygens (including phenoxy) is 1. The van der Waals surface area contributed by atoms with E-state index >= 15 is 0 Å². The highest BCUT2D eigenvalue weighted by atomic mass is 79.9. The number of halogens is 3. The lowest BCUT2D eigenvalue weighted by Gasteiger charge is -2.19. The van der Waals surface area contributed by atoms with Gasteiger partial charge < -0.3 is 20.3 Å². The van der Waals surface area contributed by atoms with Crippen LogP contribution in [0.2, 0.25) is 5.02 Å². The highest BCUT2D eigenvalue weighted by Gasteiger charge is 2.23. The van der Waals surface area contributed by atoms with Crippen molar-refractivity contribution in [3.8, 4) is 17.2 Å². The number of anilines is 1. The molecule has 0 saturated carbocycles. The van der Waals surface area contributed by atoms with Crippen molar-refractivity contribution < 1.29 is 24.5 Å². The third-order valence-electron chi connectivity index (χ3n) is 4.24. The van der Waals surface area contributed by atoms with Crippen LogP contribution in [0.3, 0.4) is 0 Å². The second-order valence-electron chi connectivity index (χ2n) is 6.82. The number of aromatic hydroxyl groups is 1. The molecular formula is C20H20Br2ClNO5. The van der Waals surface area contributed by atoms with E-state index in [4.69, 9.17) is 21.4 Å². The maximum Gasteiger partial charge on any atom is 0.312 e. The molecule has 6 nitrogen and oxygen atoms in total. The van der Waals surface area contributed by atoms with Crippen molar-refractivity contribution in [1.29, 1.82) is 0 Å². The number of phenols is 1. The van der Waals surface area contributed by atoms with Gasteiger partial charge >= 0.3 is 5.97 Å². The van der Waals surface area contributed by atoms with Crippen LogP contribution in [0.4, 0.5) is 5.69 Å². The van der Waals surface area contributed by atoms with Gasteiger partial charge in [-0.3, -0.25) is 9.59 Å². The van der Waals surface area contributed by atoms with Crippen molar-refractivity contribution in [3.63, 3.8) is 0 Å². The fraction of sp³-hybridized carbons (Fsp3) is 0.300. The van der Waals surface area contributed by atoms with E-state index in [9.17, 15) is 14.7 Å². The number of nitrogens with one attached hydrogen (secondary N) is 1. The molecule has 0 heterocycles. The Labute approximate surface area is 190 Å². The number of hydrogen-bond acceptors (Lipinski definition) is 4. The molecule has 9 heteroatoms. The van der Waals surface area contributed by atoms with Gasteiger partial charge in [0.1, 0.15) is 17.9 Å². The van der Waals surface area contributed by atoms with Crippen LogP contribution in [0.5, 0.6) is 17.2 Å². The summed E-state index contributed by atoms with van der Waals surface area (Å²) in [7, 11) is 0. The summed E-state index contributed by atoms with van der Waals surface area (Å²) in [5, 5.41) is 21.7. The quantitative estimate of drug-likeness (QED) is 0.282. The van der Waals surface area contributed by atoms with E-state index in [0.717, 1.165) is 5.56 Å². The monoisotopic (exact) mass is 547 g/mol. The van der Waals surface area contributed by atoms with Crippen LogP contribution in [0, 0.1) is 13.8 Å². The summed E-state index contributed by atoms with van der Waals surface area (Å²) < 4.78 is 6.98. The fourth-order valence-electron chi connectivity index (χ4n) is 2.70. The van der Waals surface area contributed by atoms with Gasteiger partial charge in [0.05, 0.1) is 19.7 Å². The molecule has 0 aromatic heterocycles. The highest BCUT2D eigenvalue weighted by molar-refractivity contribution is 9.11. The number of carboxylic acids is 1. The third-order valence-corrected chi connectivity index (χ3v) is 6.55. The third kappa shape index (κ3) is 5.24. The zero-order valence-electron chi connectivity index (χ0n) is 16.2. The molecule has 0 fully saturated rings. The van der Waals surface area contributed by atoms with E-state index in [1.165, 1.54) is 0 Å². The summed E-state index contributed by atoms with van der Waals surface area (Å²) in [4.78, 5) is 22.6. The molecule has 2 aromatic carbocycles. The maximum atomic E-state index is 11.9. The van der Waals surface area contributed by atoms with E-state index in [2.05, 4.69) is 37.2 Å². The second-order valence-corrected chi connectivity index (χ2v) is 8.79. The van der Waals surface area contributed by atoms with E-state index in [1.807, 2.05) is 13.8 Å². The molecule has 0 radical (unpaired) electrons. The number of aryl methyl sites for hydroxylation is 1. The highest BCUT2D eigenvalue weighted by Crippen LogP contribution is 2.48. The molecule has 0 bridgehead atoms. The van der Waals surface area contributed by atoms with Crippen LogP contribution in [0.25, 0.3) is 0 Å². The Hall–Kier alpha value is -1.77. The van der Waals surface area contributed by atoms with Crippen molar-refractivity contribution in [1.82, 2.24) is 0 Å². The minimum Gasteiger partial charge on any atom is -0.507 e. The lowest BCUT2D eigenvalue weighted by Crippen LogP contribution is -2.17. The van der Waals surface area contributed by atoms with E-state index < -0.39 is 18.3 Å². The zero-order chi connectivity index (χ0) is 22.0. The molecule has 0 atom stereocenters. The lowest BCUT2D eigenvalue weighted by molar-refractivity contribution is -0.139. The number of rotatable bonds is 6. The fourth-order valence-corrected chi connectivity index (χ4v) is 4.19. The zero-order valence-corrected chi connectivity index (χ0v) is 20.1. The van der Waals surface area contributed by atoms with Gasteiger partial charge in [0.15, 0.2) is 5.75 Å². The van der Waals surface area contributed by atoms with Crippen molar-refractivity contribution in [2.24, 2.45) is 0 Å². The molecule has 29 heavy (non-hydrogen) atoms. The van der Waals surface area contributed by atoms with Crippen LogP contribution in [0.1, 0.15) is 42.9 Å². The van der Waals surface area contributed by atoms with E-state index in [0.29, 0.717) is 31.6 Å². The molecule has 0 aliphatic rings. The topological polar surface area (TPSA) is 95.9 Å². The van der Waals surface area contributed by atoms with Gasteiger partial charge in [-0.05, 0) is 74.9 Å². The first kappa shape index (κ1) is 23.5. The molecule has 0 aliphatic carbocycles. The molecular weight excluding hydrogens is 529 g/mol. The Morgan fingerprint density at radius 1 is 1.21 bits per heavy atom. The smallest absolute Gasteiger partial charge is 0.312 e. The number of carbonyl (C=O) groups excluding carboxylic acids is 1. The normalized spacial score (nSPS) is 10.9. The molecule has 0 spiro atoms. The first-order chi connectivity index (χ1) is 13.4. The Morgan fingerprint density at radius 2 is 1.83 bits per heavy atom. The minimum absolute atomic E-state index is 0.0984. The summed E-state index contributed by atoms with van der Waals surface area (Å²) in [5.41, 5.74) is 2.30. The Bertz CT molecular complexity index is 963. The molecule has 0 aliphatic heterocycles. The van der Waals surface area contributed by atoms with Gasteiger partial charge in [0.25, 0.3) is 0 Å². The SMILES string of the molecule is Cc1cc(Oc2c(Br)c(C)c(NC(=O)CC(=O)O)c(Cl)c2Br)cc(C(C)C)c1O.